The maximum Gasteiger partial charge on any atom is 0.252 e. The summed E-state index contributed by atoms with van der Waals surface area (Å²) in [5.41, 5.74) is 0.482. The van der Waals surface area contributed by atoms with Gasteiger partial charge in [0.2, 0.25) is 10.0 Å². The summed E-state index contributed by atoms with van der Waals surface area (Å²) in [7, 11) is -3.74. The average molecular weight is 457 g/mol. The highest BCUT2D eigenvalue weighted by Gasteiger charge is 2.23. The van der Waals surface area contributed by atoms with E-state index in [1.165, 1.54) is 30.3 Å². The van der Waals surface area contributed by atoms with Crippen LogP contribution in [0.25, 0.3) is 0 Å². The zero-order chi connectivity index (χ0) is 20.2. The van der Waals surface area contributed by atoms with E-state index in [4.69, 9.17) is 0 Å². The van der Waals surface area contributed by atoms with Crippen molar-refractivity contribution in [1.29, 1.82) is 0 Å². The van der Waals surface area contributed by atoms with Gasteiger partial charge in [0.25, 0.3) is 5.91 Å². The minimum Gasteiger partial charge on any atom is -0.352 e. The fourth-order valence-corrected chi connectivity index (χ4v) is 4.25. The summed E-state index contributed by atoms with van der Waals surface area (Å²) in [6.45, 7) is 5.57. The summed E-state index contributed by atoms with van der Waals surface area (Å²) in [4.78, 5) is 12.5. The molecule has 0 saturated heterocycles. The fourth-order valence-electron chi connectivity index (χ4n) is 2.37. The van der Waals surface area contributed by atoms with Gasteiger partial charge in [0, 0.05) is 16.6 Å². The van der Waals surface area contributed by atoms with Gasteiger partial charge in [-0.1, -0.05) is 12.1 Å². The molecule has 0 fully saturated rings. The zero-order valence-electron chi connectivity index (χ0n) is 15.3. The Morgan fingerprint density at radius 2 is 1.74 bits per heavy atom. The van der Waals surface area contributed by atoms with E-state index in [0.717, 1.165) is 5.56 Å². The van der Waals surface area contributed by atoms with Crippen molar-refractivity contribution in [3.8, 4) is 0 Å². The molecule has 0 unspecified atom stereocenters. The number of hydrogen-bond donors (Lipinski definition) is 2. The third kappa shape index (κ3) is 6.41. The van der Waals surface area contributed by atoms with Gasteiger partial charge < -0.3 is 5.32 Å². The number of carbonyl (C=O) groups is 1. The summed E-state index contributed by atoms with van der Waals surface area (Å²) in [5, 5.41) is 2.75. The van der Waals surface area contributed by atoms with Crippen LogP contribution in [0.1, 0.15) is 36.7 Å². The van der Waals surface area contributed by atoms with Crippen molar-refractivity contribution in [1.82, 2.24) is 10.0 Å². The molecule has 27 heavy (non-hydrogen) atoms. The Morgan fingerprint density at radius 3 is 2.33 bits per heavy atom. The number of nitrogens with one attached hydrogen (secondary N) is 2. The van der Waals surface area contributed by atoms with Crippen molar-refractivity contribution < 1.29 is 17.6 Å². The highest BCUT2D eigenvalue weighted by molar-refractivity contribution is 9.10. The molecule has 2 N–H and O–H groups in total. The van der Waals surface area contributed by atoms with Crippen molar-refractivity contribution in [2.45, 2.75) is 37.6 Å². The van der Waals surface area contributed by atoms with E-state index < -0.39 is 21.5 Å². The molecule has 0 aliphatic carbocycles. The lowest BCUT2D eigenvalue weighted by Gasteiger charge is -2.20. The lowest BCUT2D eigenvalue weighted by Crippen LogP contribution is -2.40. The number of sulfonamides is 1. The number of hydrogen-bond acceptors (Lipinski definition) is 3. The lowest BCUT2D eigenvalue weighted by molar-refractivity contribution is 0.0953. The first kappa shape index (κ1) is 21.5. The Labute approximate surface area is 167 Å². The monoisotopic (exact) mass is 456 g/mol. The summed E-state index contributed by atoms with van der Waals surface area (Å²) in [6, 6.07) is 10.4. The van der Waals surface area contributed by atoms with Gasteiger partial charge >= 0.3 is 0 Å². The third-order valence-electron chi connectivity index (χ3n) is 3.55. The maximum absolute atomic E-state index is 12.9. The zero-order valence-corrected chi connectivity index (χ0v) is 17.7. The van der Waals surface area contributed by atoms with Crippen LogP contribution in [0.3, 0.4) is 0 Å². The SMILES string of the molecule is CC(C)(C)NS(=O)(=O)c1ccc(Br)c(C(=O)NCCc2ccc(F)cc2)c1. The fraction of sp³-hybridized carbons (Fsp3) is 0.316. The molecule has 2 aromatic carbocycles. The summed E-state index contributed by atoms with van der Waals surface area (Å²) in [5.74, 6) is -0.703. The van der Waals surface area contributed by atoms with Crippen LogP contribution in [0.2, 0.25) is 0 Å². The van der Waals surface area contributed by atoms with Crippen LogP contribution >= 0.6 is 15.9 Å². The second kappa shape index (κ2) is 8.50. The Balaban J connectivity index is 2.10. The standard InChI is InChI=1S/C19H22BrFN2O3S/c1-19(2,3)23-27(25,26)15-8-9-17(20)16(12-15)18(24)22-11-10-13-4-6-14(21)7-5-13/h4-9,12,23H,10-11H2,1-3H3,(H,22,24). The average Bonchev–Trinajstić information content (AvgIpc) is 2.54. The first-order valence-corrected chi connectivity index (χ1v) is 10.6. The maximum atomic E-state index is 12.9. The predicted octanol–water partition coefficient (Wildman–Crippen LogP) is 3.64. The number of halogens is 2. The molecule has 0 aliphatic heterocycles. The van der Waals surface area contributed by atoms with Gasteiger partial charge in [-0.2, -0.15) is 0 Å². The van der Waals surface area contributed by atoms with E-state index >= 15 is 0 Å². The van der Waals surface area contributed by atoms with Gasteiger partial charge in [-0.15, -0.1) is 0 Å². The molecule has 0 saturated carbocycles. The molecular weight excluding hydrogens is 435 g/mol. The lowest BCUT2D eigenvalue weighted by atomic mass is 10.1. The van der Waals surface area contributed by atoms with Gasteiger partial charge in [0.05, 0.1) is 10.5 Å². The Morgan fingerprint density at radius 1 is 1.11 bits per heavy atom. The molecule has 0 radical (unpaired) electrons. The molecule has 2 rings (SSSR count). The molecule has 1 amide bonds. The smallest absolute Gasteiger partial charge is 0.252 e. The van der Waals surface area contributed by atoms with E-state index in [-0.39, 0.29) is 16.3 Å². The molecule has 0 aromatic heterocycles. The van der Waals surface area contributed by atoms with Crippen LogP contribution < -0.4 is 10.0 Å². The Kier molecular flexibility index (Phi) is 6.77. The van der Waals surface area contributed by atoms with Crippen LogP contribution in [0.15, 0.2) is 51.8 Å². The van der Waals surface area contributed by atoms with Crippen molar-refractivity contribution in [2.24, 2.45) is 0 Å². The van der Waals surface area contributed by atoms with Crippen LogP contribution in [-0.4, -0.2) is 26.4 Å². The molecule has 0 heterocycles. The van der Waals surface area contributed by atoms with Gasteiger partial charge in [0.1, 0.15) is 5.82 Å². The molecule has 0 spiro atoms. The van der Waals surface area contributed by atoms with Crippen LogP contribution in [-0.2, 0) is 16.4 Å². The van der Waals surface area contributed by atoms with E-state index in [1.54, 1.807) is 32.9 Å². The van der Waals surface area contributed by atoms with Gasteiger partial charge in [-0.25, -0.2) is 17.5 Å². The van der Waals surface area contributed by atoms with Gasteiger partial charge in [-0.05, 0) is 79.0 Å². The minimum absolute atomic E-state index is 0.0179. The number of benzene rings is 2. The second-order valence-electron chi connectivity index (χ2n) is 7.13. The summed E-state index contributed by atoms with van der Waals surface area (Å²) >= 11 is 3.29. The second-order valence-corrected chi connectivity index (χ2v) is 9.67. The number of carbonyl (C=O) groups excluding carboxylic acids is 1. The van der Waals surface area contributed by atoms with Crippen molar-refractivity contribution >= 4 is 31.9 Å². The largest absolute Gasteiger partial charge is 0.352 e. The molecule has 0 bridgehead atoms. The summed E-state index contributed by atoms with van der Waals surface area (Å²) in [6.07, 6.45) is 0.535. The van der Waals surface area contributed by atoms with Gasteiger partial charge in [-0.3, -0.25) is 4.79 Å². The molecule has 5 nitrogen and oxygen atoms in total. The highest BCUT2D eigenvalue weighted by atomic mass is 79.9. The Bertz CT molecular complexity index is 923. The van der Waals surface area contributed by atoms with Crippen LogP contribution in [0, 0.1) is 5.82 Å². The van der Waals surface area contributed by atoms with Crippen LogP contribution in [0.5, 0.6) is 0 Å². The molecule has 0 atom stereocenters. The molecule has 2 aromatic rings. The van der Waals surface area contributed by atoms with E-state index in [1.807, 2.05) is 0 Å². The highest BCUT2D eigenvalue weighted by Crippen LogP contribution is 2.22. The van der Waals surface area contributed by atoms with E-state index in [0.29, 0.717) is 17.4 Å². The normalized spacial score (nSPS) is 12.0. The minimum atomic E-state index is -3.74. The molecule has 146 valence electrons. The van der Waals surface area contributed by atoms with Crippen molar-refractivity contribution in [3.63, 3.8) is 0 Å². The number of rotatable bonds is 6. The predicted molar refractivity (Wildman–Crippen MR) is 107 cm³/mol. The van der Waals surface area contributed by atoms with Crippen LogP contribution in [0.4, 0.5) is 4.39 Å². The molecular formula is C19H22BrFN2O3S. The van der Waals surface area contributed by atoms with E-state index in [2.05, 4.69) is 26.0 Å². The first-order valence-electron chi connectivity index (χ1n) is 8.34. The molecule has 0 aliphatic rings. The third-order valence-corrected chi connectivity index (χ3v) is 5.99. The molecule has 8 heteroatoms. The van der Waals surface area contributed by atoms with E-state index in [9.17, 15) is 17.6 Å². The summed E-state index contributed by atoms with van der Waals surface area (Å²) < 4.78 is 40.9. The van der Waals surface area contributed by atoms with Crippen molar-refractivity contribution in [2.75, 3.05) is 6.54 Å². The topological polar surface area (TPSA) is 75.3 Å². The first-order chi connectivity index (χ1) is 12.5. The quantitative estimate of drug-likeness (QED) is 0.696. The Hall–Kier alpha value is -1.77. The number of amides is 1. The van der Waals surface area contributed by atoms with Gasteiger partial charge in [0.15, 0.2) is 0 Å². The van der Waals surface area contributed by atoms with Crippen molar-refractivity contribution in [3.05, 3.63) is 63.9 Å².